The molecular weight excluding hydrogens is 382 g/mol. The van der Waals surface area contributed by atoms with Crippen LogP contribution in [0.1, 0.15) is 17.0 Å². The van der Waals surface area contributed by atoms with Crippen LogP contribution in [0.5, 0.6) is 0 Å². The van der Waals surface area contributed by atoms with E-state index in [4.69, 9.17) is 0 Å². The smallest absolute Gasteiger partial charge is 0.234 e. The second-order valence-electron chi connectivity index (χ2n) is 6.67. The number of allylic oxidation sites excluding steroid dienone is 1. The lowest BCUT2D eigenvalue weighted by Gasteiger charge is -2.10. The van der Waals surface area contributed by atoms with Crippen molar-refractivity contribution in [3.63, 3.8) is 0 Å². The minimum Gasteiger partial charge on any atom is -0.378 e. The zero-order valence-corrected chi connectivity index (χ0v) is 17.5. The van der Waals surface area contributed by atoms with Crippen molar-refractivity contribution in [2.24, 2.45) is 0 Å². The van der Waals surface area contributed by atoms with Gasteiger partial charge >= 0.3 is 0 Å². The van der Waals surface area contributed by atoms with Crippen molar-refractivity contribution in [3.05, 3.63) is 78.1 Å². The lowest BCUT2D eigenvalue weighted by molar-refractivity contribution is -0.113. The molecule has 0 bridgehead atoms. The summed E-state index contributed by atoms with van der Waals surface area (Å²) in [5, 5.41) is 15.6. The summed E-state index contributed by atoms with van der Waals surface area (Å²) in [4.78, 5) is 12.3. The molecule has 0 fully saturated rings. The Morgan fingerprint density at radius 1 is 1.14 bits per heavy atom. The molecule has 1 heterocycles. The number of hydrogen-bond donors (Lipinski definition) is 2. The van der Waals surface area contributed by atoms with Crippen molar-refractivity contribution >= 4 is 29.0 Å². The third-order valence-corrected chi connectivity index (χ3v) is 5.33. The number of rotatable bonds is 9. The Morgan fingerprint density at radius 3 is 2.62 bits per heavy atom. The highest BCUT2D eigenvalue weighted by Gasteiger charge is 2.14. The molecule has 2 N–H and O–H groups in total. The van der Waals surface area contributed by atoms with Gasteiger partial charge in [-0.3, -0.25) is 4.79 Å². The van der Waals surface area contributed by atoms with Crippen LogP contribution in [0.3, 0.4) is 0 Å². The van der Waals surface area contributed by atoms with E-state index in [2.05, 4.69) is 46.5 Å². The fourth-order valence-electron chi connectivity index (χ4n) is 2.75. The van der Waals surface area contributed by atoms with E-state index in [-0.39, 0.29) is 11.7 Å². The number of para-hydroxylation sites is 1. The topological polar surface area (TPSA) is 71.8 Å². The summed E-state index contributed by atoms with van der Waals surface area (Å²) < 4.78 is 1.97. The van der Waals surface area contributed by atoms with E-state index >= 15 is 0 Å². The molecule has 0 spiro atoms. The predicted octanol–water partition coefficient (Wildman–Crippen LogP) is 4.42. The summed E-state index contributed by atoms with van der Waals surface area (Å²) in [5.41, 5.74) is 4.10. The van der Waals surface area contributed by atoms with Gasteiger partial charge in [-0.15, -0.1) is 16.8 Å². The molecule has 0 aliphatic heterocycles. The van der Waals surface area contributed by atoms with Crippen molar-refractivity contribution in [1.82, 2.24) is 14.8 Å². The van der Waals surface area contributed by atoms with Gasteiger partial charge in [-0.1, -0.05) is 53.7 Å². The molecule has 3 rings (SSSR count). The summed E-state index contributed by atoms with van der Waals surface area (Å²) in [6.45, 7) is 8.97. The SMILES string of the molecule is C=CCn1c(CNc2ccc(C)cc2)nnc1SCC(=O)Nc1ccccc1C. The zero-order valence-electron chi connectivity index (χ0n) is 16.7. The molecule has 0 saturated heterocycles. The molecule has 150 valence electrons. The Balaban J connectivity index is 1.61. The number of nitrogens with zero attached hydrogens (tertiary/aromatic N) is 3. The Hall–Kier alpha value is -3.06. The second kappa shape index (κ2) is 9.93. The number of aryl methyl sites for hydroxylation is 2. The van der Waals surface area contributed by atoms with E-state index < -0.39 is 0 Å². The molecule has 0 radical (unpaired) electrons. The van der Waals surface area contributed by atoms with Gasteiger partial charge in [0.25, 0.3) is 0 Å². The van der Waals surface area contributed by atoms with Crippen LogP contribution >= 0.6 is 11.8 Å². The molecule has 0 atom stereocenters. The van der Waals surface area contributed by atoms with Crippen molar-refractivity contribution in [2.45, 2.75) is 32.1 Å². The molecule has 0 saturated carbocycles. The van der Waals surface area contributed by atoms with Crippen LogP contribution in [-0.2, 0) is 17.9 Å². The van der Waals surface area contributed by atoms with Gasteiger partial charge in [-0.2, -0.15) is 0 Å². The lowest BCUT2D eigenvalue weighted by atomic mass is 10.2. The predicted molar refractivity (Wildman–Crippen MR) is 119 cm³/mol. The van der Waals surface area contributed by atoms with Crippen molar-refractivity contribution in [1.29, 1.82) is 0 Å². The maximum atomic E-state index is 12.3. The fourth-order valence-corrected chi connectivity index (χ4v) is 3.52. The Bertz CT molecular complexity index is 981. The first-order valence-electron chi connectivity index (χ1n) is 9.38. The maximum Gasteiger partial charge on any atom is 0.234 e. The average Bonchev–Trinajstić information content (AvgIpc) is 3.10. The first-order valence-corrected chi connectivity index (χ1v) is 10.4. The van der Waals surface area contributed by atoms with E-state index in [0.29, 0.717) is 18.2 Å². The molecule has 0 unspecified atom stereocenters. The van der Waals surface area contributed by atoms with Crippen molar-refractivity contribution in [2.75, 3.05) is 16.4 Å². The van der Waals surface area contributed by atoms with Crippen LogP contribution in [0.25, 0.3) is 0 Å². The van der Waals surface area contributed by atoms with E-state index in [9.17, 15) is 4.79 Å². The Kier molecular flexibility index (Phi) is 7.08. The quantitative estimate of drug-likeness (QED) is 0.406. The molecule has 0 aliphatic rings. The number of thioether (sulfide) groups is 1. The molecule has 3 aromatic rings. The highest BCUT2D eigenvalue weighted by molar-refractivity contribution is 7.99. The van der Waals surface area contributed by atoms with Gasteiger partial charge in [-0.05, 0) is 37.6 Å². The molecule has 2 aromatic carbocycles. The lowest BCUT2D eigenvalue weighted by Crippen LogP contribution is -2.15. The molecule has 29 heavy (non-hydrogen) atoms. The van der Waals surface area contributed by atoms with E-state index in [1.807, 2.05) is 47.9 Å². The van der Waals surface area contributed by atoms with Gasteiger partial charge in [0.2, 0.25) is 5.91 Å². The molecule has 7 heteroatoms. The van der Waals surface area contributed by atoms with Crippen LogP contribution in [0.2, 0.25) is 0 Å². The number of aromatic nitrogens is 3. The molecule has 1 aromatic heterocycles. The van der Waals surface area contributed by atoms with Gasteiger partial charge in [0.1, 0.15) is 0 Å². The zero-order chi connectivity index (χ0) is 20.6. The van der Waals surface area contributed by atoms with Crippen LogP contribution in [-0.4, -0.2) is 26.4 Å². The Morgan fingerprint density at radius 2 is 1.90 bits per heavy atom. The van der Waals surface area contributed by atoms with Gasteiger partial charge in [-0.25, -0.2) is 0 Å². The van der Waals surface area contributed by atoms with Gasteiger partial charge < -0.3 is 15.2 Å². The monoisotopic (exact) mass is 407 g/mol. The average molecular weight is 408 g/mol. The first-order chi connectivity index (χ1) is 14.1. The summed E-state index contributed by atoms with van der Waals surface area (Å²) in [6, 6.07) is 15.9. The largest absolute Gasteiger partial charge is 0.378 e. The Labute approximate surface area is 175 Å². The van der Waals surface area contributed by atoms with Crippen LogP contribution in [0.15, 0.2) is 66.3 Å². The molecule has 1 amide bonds. The summed E-state index contributed by atoms with van der Waals surface area (Å²) in [7, 11) is 0. The van der Waals surface area contributed by atoms with Crippen LogP contribution < -0.4 is 10.6 Å². The first kappa shape index (κ1) is 20.7. The molecule has 6 nitrogen and oxygen atoms in total. The highest BCUT2D eigenvalue weighted by atomic mass is 32.2. The van der Waals surface area contributed by atoms with Crippen LogP contribution in [0.4, 0.5) is 11.4 Å². The summed E-state index contributed by atoms with van der Waals surface area (Å²) in [6.07, 6.45) is 1.80. The van der Waals surface area contributed by atoms with E-state index in [1.165, 1.54) is 17.3 Å². The third kappa shape index (κ3) is 5.71. The number of anilines is 2. The van der Waals surface area contributed by atoms with E-state index in [0.717, 1.165) is 22.8 Å². The minimum atomic E-state index is -0.0724. The number of carbonyl (C=O) groups excluding carboxylic acids is 1. The maximum absolute atomic E-state index is 12.3. The van der Waals surface area contributed by atoms with Crippen LogP contribution in [0, 0.1) is 13.8 Å². The number of carbonyl (C=O) groups is 1. The molecular formula is C22H25N5OS. The number of hydrogen-bond acceptors (Lipinski definition) is 5. The minimum absolute atomic E-state index is 0.0724. The van der Waals surface area contributed by atoms with Crippen molar-refractivity contribution in [3.8, 4) is 0 Å². The summed E-state index contributed by atoms with van der Waals surface area (Å²) >= 11 is 1.37. The van der Waals surface area contributed by atoms with E-state index in [1.54, 1.807) is 6.08 Å². The highest BCUT2D eigenvalue weighted by Crippen LogP contribution is 2.20. The van der Waals surface area contributed by atoms with Gasteiger partial charge in [0, 0.05) is 17.9 Å². The fraction of sp³-hybridized carbons (Fsp3) is 0.227. The van der Waals surface area contributed by atoms with Gasteiger partial charge in [0.15, 0.2) is 11.0 Å². The number of benzene rings is 2. The second-order valence-corrected chi connectivity index (χ2v) is 7.61. The van der Waals surface area contributed by atoms with Crippen molar-refractivity contribution < 1.29 is 4.79 Å². The number of nitrogens with one attached hydrogen (secondary N) is 2. The third-order valence-electron chi connectivity index (χ3n) is 4.36. The van der Waals surface area contributed by atoms with Gasteiger partial charge in [0.05, 0.1) is 12.3 Å². The molecule has 0 aliphatic carbocycles. The number of amides is 1. The standard InChI is InChI=1S/C22H25N5OS/c1-4-13-27-20(14-23-18-11-9-16(2)10-12-18)25-26-22(27)29-15-21(28)24-19-8-6-5-7-17(19)3/h4-12,23H,1,13-15H2,2-3H3,(H,24,28). The summed E-state index contributed by atoms with van der Waals surface area (Å²) in [5.74, 6) is 0.985. The normalized spacial score (nSPS) is 10.6.